The van der Waals surface area contributed by atoms with Crippen molar-refractivity contribution in [2.75, 3.05) is 0 Å². The van der Waals surface area contributed by atoms with Gasteiger partial charge in [-0.3, -0.25) is 4.79 Å². The van der Waals surface area contributed by atoms with Crippen LogP contribution < -0.4 is 5.73 Å². The van der Waals surface area contributed by atoms with Gasteiger partial charge in [0.1, 0.15) is 11.6 Å². The number of nitrogens with two attached hydrogens (primary N) is 1. The summed E-state index contributed by atoms with van der Waals surface area (Å²) in [5.74, 6) is -0.0927. The third kappa shape index (κ3) is 2.51. The van der Waals surface area contributed by atoms with Gasteiger partial charge in [0.25, 0.3) is 0 Å². The zero-order valence-electron chi connectivity index (χ0n) is 10.4. The summed E-state index contributed by atoms with van der Waals surface area (Å²) in [5.41, 5.74) is 7.81. The third-order valence-electron chi connectivity index (χ3n) is 2.74. The van der Waals surface area contributed by atoms with Gasteiger partial charge in [-0.1, -0.05) is 19.9 Å². The van der Waals surface area contributed by atoms with E-state index < -0.39 is 12.0 Å². The van der Waals surface area contributed by atoms with E-state index in [4.69, 9.17) is 15.3 Å². The summed E-state index contributed by atoms with van der Waals surface area (Å²) >= 11 is 0. The van der Waals surface area contributed by atoms with Crippen LogP contribution in [0.3, 0.4) is 0 Å². The molecule has 0 saturated carbocycles. The number of aromatic nitrogens is 1. The van der Waals surface area contributed by atoms with E-state index in [2.05, 4.69) is 4.98 Å². The summed E-state index contributed by atoms with van der Waals surface area (Å²) in [5, 5.41) is 8.77. The van der Waals surface area contributed by atoms with Crippen molar-refractivity contribution in [2.24, 2.45) is 5.73 Å². The quantitative estimate of drug-likeness (QED) is 0.862. The average molecular weight is 248 g/mol. The van der Waals surface area contributed by atoms with Gasteiger partial charge in [-0.2, -0.15) is 0 Å². The number of aliphatic carboxylic acids is 1. The number of fused-ring (bicyclic) bond motifs is 1. The van der Waals surface area contributed by atoms with Crippen molar-refractivity contribution in [3.8, 4) is 0 Å². The minimum atomic E-state index is -1.00. The fourth-order valence-corrected chi connectivity index (χ4v) is 1.71. The Morgan fingerprint density at radius 1 is 1.50 bits per heavy atom. The molecule has 0 radical (unpaired) electrons. The number of rotatable bonds is 4. The Morgan fingerprint density at radius 2 is 2.22 bits per heavy atom. The Hall–Kier alpha value is -1.88. The maximum Gasteiger partial charge on any atom is 0.320 e. The van der Waals surface area contributed by atoms with Crippen LogP contribution >= 0.6 is 0 Å². The first-order valence-electron chi connectivity index (χ1n) is 5.85. The molecule has 0 aliphatic heterocycles. The molecule has 0 bridgehead atoms. The lowest BCUT2D eigenvalue weighted by Crippen LogP contribution is -2.32. The Bertz CT molecular complexity index is 575. The molecule has 5 nitrogen and oxygen atoms in total. The van der Waals surface area contributed by atoms with Crippen molar-refractivity contribution in [1.29, 1.82) is 0 Å². The highest BCUT2D eigenvalue weighted by Gasteiger charge is 2.14. The topological polar surface area (TPSA) is 89.3 Å². The first-order chi connectivity index (χ1) is 8.47. The second-order valence-electron chi connectivity index (χ2n) is 4.66. The minimum Gasteiger partial charge on any atom is -0.480 e. The van der Waals surface area contributed by atoms with Crippen LogP contribution in [0.2, 0.25) is 0 Å². The summed E-state index contributed by atoms with van der Waals surface area (Å²) in [7, 11) is 0. The Balaban J connectivity index is 2.29. The molecule has 0 fully saturated rings. The maximum atomic E-state index is 10.7. The lowest BCUT2D eigenvalue weighted by molar-refractivity contribution is -0.138. The maximum absolute atomic E-state index is 10.7. The highest BCUT2D eigenvalue weighted by Crippen LogP contribution is 2.22. The molecule has 0 aliphatic carbocycles. The van der Waals surface area contributed by atoms with E-state index in [1.807, 2.05) is 26.0 Å². The summed E-state index contributed by atoms with van der Waals surface area (Å²) in [6.45, 7) is 4.01. The van der Waals surface area contributed by atoms with Gasteiger partial charge >= 0.3 is 5.97 Å². The van der Waals surface area contributed by atoms with Gasteiger partial charge in [-0.25, -0.2) is 4.98 Å². The van der Waals surface area contributed by atoms with Gasteiger partial charge < -0.3 is 15.3 Å². The minimum absolute atomic E-state index is 0.224. The molecule has 1 heterocycles. The lowest BCUT2D eigenvalue weighted by atomic mass is 10.1. The number of nitrogens with zero attached hydrogens (tertiary/aromatic N) is 1. The van der Waals surface area contributed by atoms with E-state index in [1.165, 1.54) is 0 Å². The van der Waals surface area contributed by atoms with Crippen LogP contribution in [0.25, 0.3) is 11.1 Å². The van der Waals surface area contributed by atoms with Crippen molar-refractivity contribution in [1.82, 2.24) is 4.98 Å². The first-order valence-corrected chi connectivity index (χ1v) is 5.85. The molecule has 18 heavy (non-hydrogen) atoms. The van der Waals surface area contributed by atoms with E-state index in [-0.39, 0.29) is 12.3 Å². The SMILES string of the molecule is CC(C)c1nc2cc(CC(N)C(=O)O)ccc2o1. The molecule has 0 spiro atoms. The Kier molecular flexibility index (Phi) is 3.34. The molecular weight excluding hydrogens is 232 g/mol. The van der Waals surface area contributed by atoms with Crippen molar-refractivity contribution in [3.05, 3.63) is 29.7 Å². The van der Waals surface area contributed by atoms with Crippen LogP contribution in [0.5, 0.6) is 0 Å². The summed E-state index contributed by atoms with van der Waals surface area (Å²) in [6.07, 6.45) is 0.287. The molecule has 0 saturated heterocycles. The zero-order chi connectivity index (χ0) is 13.3. The highest BCUT2D eigenvalue weighted by molar-refractivity contribution is 5.75. The van der Waals surface area contributed by atoms with Gasteiger partial charge in [0.15, 0.2) is 11.5 Å². The standard InChI is InChI=1S/C13H16N2O3/c1-7(2)12-15-10-6-8(3-4-11(10)18-12)5-9(14)13(16)17/h3-4,6-7,9H,5,14H2,1-2H3,(H,16,17). The van der Waals surface area contributed by atoms with E-state index in [0.717, 1.165) is 11.1 Å². The second kappa shape index (κ2) is 4.78. The number of hydrogen-bond acceptors (Lipinski definition) is 4. The van der Waals surface area contributed by atoms with E-state index in [1.54, 1.807) is 6.07 Å². The molecule has 0 aliphatic rings. The number of carbonyl (C=O) groups is 1. The van der Waals surface area contributed by atoms with Gasteiger partial charge in [0, 0.05) is 5.92 Å². The smallest absolute Gasteiger partial charge is 0.320 e. The van der Waals surface area contributed by atoms with Gasteiger partial charge in [-0.05, 0) is 24.1 Å². The molecule has 5 heteroatoms. The zero-order valence-corrected chi connectivity index (χ0v) is 10.4. The third-order valence-corrected chi connectivity index (χ3v) is 2.74. The second-order valence-corrected chi connectivity index (χ2v) is 4.66. The summed E-state index contributed by atoms with van der Waals surface area (Å²) in [6, 6.07) is 4.56. The van der Waals surface area contributed by atoms with Crippen molar-refractivity contribution in [3.63, 3.8) is 0 Å². The predicted octanol–water partition coefficient (Wildman–Crippen LogP) is 1.91. The number of benzene rings is 1. The number of hydrogen-bond donors (Lipinski definition) is 2. The molecule has 3 N–H and O–H groups in total. The van der Waals surface area contributed by atoms with Gasteiger partial charge in [-0.15, -0.1) is 0 Å². The van der Waals surface area contributed by atoms with Gasteiger partial charge in [0.05, 0.1) is 0 Å². The highest BCUT2D eigenvalue weighted by atomic mass is 16.4. The molecule has 2 aromatic rings. The lowest BCUT2D eigenvalue weighted by Gasteiger charge is -2.05. The first kappa shape index (κ1) is 12.6. The van der Waals surface area contributed by atoms with Crippen LogP contribution in [-0.2, 0) is 11.2 Å². The van der Waals surface area contributed by atoms with Crippen molar-refractivity contribution < 1.29 is 14.3 Å². The largest absolute Gasteiger partial charge is 0.480 e. The molecule has 0 amide bonds. The molecule has 1 aromatic carbocycles. The van der Waals surface area contributed by atoms with Crippen molar-refractivity contribution in [2.45, 2.75) is 32.2 Å². The average Bonchev–Trinajstić information content (AvgIpc) is 2.71. The Labute approximate surface area is 105 Å². The van der Waals surface area contributed by atoms with Gasteiger partial charge in [0.2, 0.25) is 0 Å². The van der Waals surface area contributed by atoms with Crippen LogP contribution in [0, 0.1) is 0 Å². The molecule has 2 rings (SSSR count). The monoisotopic (exact) mass is 248 g/mol. The summed E-state index contributed by atoms with van der Waals surface area (Å²) < 4.78 is 5.58. The van der Waals surface area contributed by atoms with E-state index >= 15 is 0 Å². The normalized spacial score (nSPS) is 13.1. The van der Waals surface area contributed by atoms with Crippen LogP contribution in [0.1, 0.15) is 31.2 Å². The fraction of sp³-hybridized carbons (Fsp3) is 0.385. The number of carboxylic acids is 1. The molecule has 96 valence electrons. The molecule has 1 unspecified atom stereocenters. The number of carboxylic acid groups (broad SMARTS) is 1. The molecule has 1 aromatic heterocycles. The van der Waals surface area contributed by atoms with Crippen LogP contribution in [0.4, 0.5) is 0 Å². The molecule has 1 atom stereocenters. The molecular formula is C13H16N2O3. The van der Waals surface area contributed by atoms with Crippen LogP contribution in [-0.4, -0.2) is 22.1 Å². The summed E-state index contributed by atoms with van der Waals surface area (Å²) in [4.78, 5) is 15.1. The van der Waals surface area contributed by atoms with Crippen molar-refractivity contribution >= 4 is 17.1 Å². The van der Waals surface area contributed by atoms with E-state index in [9.17, 15) is 4.79 Å². The van der Waals surface area contributed by atoms with E-state index in [0.29, 0.717) is 11.5 Å². The fourth-order valence-electron chi connectivity index (χ4n) is 1.71. The predicted molar refractivity (Wildman–Crippen MR) is 67.4 cm³/mol. The Morgan fingerprint density at radius 3 is 2.83 bits per heavy atom. The van der Waals surface area contributed by atoms with Crippen LogP contribution in [0.15, 0.2) is 22.6 Å². The number of oxazole rings is 1.